The molecule has 0 aliphatic carbocycles. The molecule has 0 saturated carbocycles. The van der Waals surface area contributed by atoms with Gasteiger partial charge >= 0.3 is 0 Å². The first kappa shape index (κ1) is 20.9. The summed E-state index contributed by atoms with van der Waals surface area (Å²) in [6.45, 7) is 2.77. The number of anilines is 2. The van der Waals surface area contributed by atoms with Gasteiger partial charge in [-0.1, -0.05) is 6.07 Å². The van der Waals surface area contributed by atoms with E-state index >= 15 is 0 Å². The largest absolute Gasteiger partial charge is 0.326 e. The molecule has 162 valence electrons. The Bertz CT molecular complexity index is 1390. The number of amides is 2. The fraction of sp³-hybridized carbons (Fsp3) is 0.136. The summed E-state index contributed by atoms with van der Waals surface area (Å²) in [5.74, 6) is -1.10. The molecule has 0 bridgehead atoms. The lowest BCUT2D eigenvalue weighted by atomic mass is 10.2. The Morgan fingerprint density at radius 1 is 1.06 bits per heavy atom. The highest BCUT2D eigenvalue weighted by molar-refractivity contribution is 5.93. The minimum atomic E-state index is -0.505. The van der Waals surface area contributed by atoms with Gasteiger partial charge in [-0.25, -0.2) is 13.8 Å². The number of benzene rings is 2. The van der Waals surface area contributed by atoms with Crippen LogP contribution in [0.3, 0.4) is 0 Å². The summed E-state index contributed by atoms with van der Waals surface area (Å²) in [5.41, 5.74) is 1.76. The Labute approximate surface area is 181 Å². The van der Waals surface area contributed by atoms with Crippen molar-refractivity contribution in [2.75, 3.05) is 10.6 Å². The number of hydrogen-bond donors (Lipinski definition) is 2. The first-order chi connectivity index (χ1) is 15.3. The van der Waals surface area contributed by atoms with Crippen LogP contribution in [0.25, 0.3) is 16.6 Å². The second kappa shape index (κ2) is 8.42. The monoisotopic (exact) mass is 434 g/mol. The van der Waals surface area contributed by atoms with E-state index in [-0.39, 0.29) is 18.0 Å². The van der Waals surface area contributed by atoms with E-state index in [1.165, 1.54) is 42.1 Å². The average Bonchev–Trinajstić information content (AvgIpc) is 3.18. The first-order valence-corrected chi connectivity index (χ1v) is 9.71. The highest BCUT2D eigenvalue weighted by Gasteiger charge is 2.17. The van der Waals surface area contributed by atoms with Gasteiger partial charge in [0.2, 0.25) is 11.8 Å². The van der Waals surface area contributed by atoms with Crippen LogP contribution in [0.4, 0.5) is 15.8 Å². The maximum atomic E-state index is 13.3. The summed E-state index contributed by atoms with van der Waals surface area (Å²) in [7, 11) is 0. The number of fused-ring (bicyclic) bond motifs is 1. The van der Waals surface area contributed by atoms with Crippen molar-refractivity contribution in [3.05, 3.63) is 76.6 Å². The van der Waals surface area contributed by atoms with Crippen LogP contribution < -0.4 is 16.2 Å². The van der Waals surface area contributed by atoms with Gasteiger partial charge in [-0.05, 0) is 49.4 Å². The predicted molar refractivity (Wildman–Crippen MR) is 117 cm³/mol. The van der Waals surface area contributed by atoms with Crippen LogP contribution >= 0.6 is 0 Å². The van der Waals surface area contributed by atoms with Gasteiger partial charge < -0.3 is 10.6 Å². The number of nitrogens with zero attached hydrogens (tertiary/aromatic N) is 4. The van der Waals surface area contributed by atoms with Crippen LogP contribution in [0, 0.1) is 12.7 Å². The van der Waals surface area contributed by atoms with Gasteiger partial charge in [0.1, 0.15) is 17.9 Å². The van der Waals surface area contributed by atoms with Crippen molar-refractivity contribution in [3.8, 4) is 5.69 Å². The Kier molecular flexibility index (Phi) is 5.50. The quantitative estimate of drug-likeness (QED) is 0.502. The van der Waals surface area contributed by atoms with Gasteiger partial charge in [0.25, 0.3) is 5.56 Å². The van der Waals surface area contributed by atoms with Gasteiger partial charge in [-0.3, -0.25) is 14.4 Å². The van der Waals surface area contributed by atoms with Crippen molar-refractivity contribution in [3.63, 3.8) is 0 Å². The highest BCUT2D eigenvalue weighted by atomic mass is 19.1. The van der Waals surface area contributed by atoms with Crippen LogP contribution in [0.15, 0.2) is 59.5 Å². The Morgan fingerprint density at radius 2 is 1.75 bits per heavy atom. The molecule has 0 fully saturated rings. The summed E-state index contributed by atoms with van der Waals surface area (Å²) in [4.78, 5) is 36.9. The fourth-order valence-electron chi connectivity index (χ4n) is 3.32. The Balaban J connectivity index is 1.63. The van der Waals surface area contributed by atoms with E-state index < -0.39 is 17.3 Å². The van der Waals surface area contributed by atoms with E-state index in [4.69, 9.17) is 0 Å². The number of carbonyl (C=O) groups excluding carboxylic acids is 2. The molecule has 0 unspecified atom stereocenters. The zero-order valence-electron chi connectivity index (χ0n) is 17.3. The van der Waals surface area contributed by atoms with Gasteiger partial charge in [0.05, 0.1) is 17.6 Å². The molecule has 0 saturated heterocycles. The van der Waals surface area contributed by atoms with E-state index in [0.717, 1.165) is 4.68 Å². The second-order valence-corrected chi connectivity index (χ2v) is 7.15. The third kappa shape index (κ3) is 4.24. The minimum Gasteiger partial charge on any atom is -0.326 e. The third-order valence-corrected chi connectivity index (χ3v) is 4.70. The van der Waals surface area contributed by atoms with Crippen LogP contribution in [0.5, 0.6) is 0 Å². The van der Waals surface area contributed by atoms with Crippen molar-refractivity contribution < 1.29 is 14.0 Å². The molecule has 2 heterocycles. The van der Waals surface area contributed by atoms with Gasteiger partial charge in [-0.15, -0.1) is 0 Å². The molecule has 10 heteroatoms. The molecular weight excluding hydrogens is 415 g/mol. The number of aromatic nitrogens is 4. The van der Waals surface area contributed by atoms with Crippen molar-refractivity contribution in [1.82, 2.24) is 19.6 Å². The number of hydrogen-bond acceptors (Lipinski definition) is 5. The van der Waals surface area contributed by atoms with Crippen LogP contribution in [-0.2, 0) is 16.1 Å². The Morgan fingerprint density at radius 3 is 2.44 bits per heavy atom. The molecule has 2 N–H and O–H groups in total. The normalized spacial score (nSPS) is 10.8. The topological polar surface area (TPSA) is 111 Å². The first-order valence-electron chi connectivity index (χ1n) is 9.71. The molecule has 9 nitrogen and oxygen atoms in total. The number of halogens is 1. The number of carbonyl (C=O) groups is 2. The molecular formula is C22H19FN6O3. The maximum absolute atomic E-state index is 13.3. The highest BCUT2D eigenvalue weighted by Crippen LogP contribution is 2.18. The molecule has 0 radical (unpaired) electrons. The van der Waals surface area contributed by atoms with Gasteiger partial charge in [0.15, 0.2) is 0 Å². The third-order valence-electron chi connectivity index (χ3n) is 4.70. The van der Waals surface area contributed by atoms with Crippen molar-refractivity contribution in [2.45, 2.75) is 20.4 Å². The lowest BCUT2D eigenvalue weighted by molar-refractivity contribution is -0.117. The minimum absolute atomic E-state index is 0.231. The van der Waals surface area contributed by atoms with Crippen molar-refractivity contribution >= 4 is 34.1 Å². The summed E-state index contributed by atoms with van der Waals surface area (Å²) in [6.07, 6.45) is 1.51. The lowest BCUT2D eigenvalue weighted by Gasteiger charge is -2.10. The summed E-state index contributed by atoms with van der Waals surface area (Å²) < 4.78 is 15.8. The maximum Gasteiger partial charge on any atom is 0.293 e. The molecule has 4 aromatic rings. The van der Waals surface area contributed by atoms with E-state index in [0.29, 0.717) is 28.1 Å². The molecule has 0 spiro atoms. The standard InChI is InChI=1S/C22H19FN6O3/c1-13-19-11-24-29(18-8-6-15(23)7-9-18)21(19)22(32)28(27-13)12-20(31)26-17-5-3-4-16(10-17)25-14(2)30/h3-11H,12H2,1-2H3,(H,25,30)(H,26,31). The smallest absolute Gasteiger partial charge is 0.293 e. The van der Waals surface area contributed by atoms with Crippen LogP contribution in [-0.4, -0.2) is 31.4 Å². The molecule has 2 amide bonds. The fourth-order valence-corrected chi connectivity index (χ4v) is 3.32. The lowest BCUT2D eigenvalue weighted by Crippen LogP contribution is -2.31. The van der Waals surface area contributed by atoms with Gasteiger partial charge in [-0.2, -0.15) is 10.2 Å². The summed E-state index contributed by atoms with van der Waals surface area (Å²) in [6, 6.07) is 12.2. The molecule has 2 aromatic heterocycles. The SMILES string of the molecule is CC(=O)Nc1cccc(NC(=O)Cn2nc(C)c3cnn(-c4ccc(F)cc4)c3c2=O)c1. The zero-order valence-corrected chi connectivity index (χ0v) is 17.3. The van der Waals surface area contributed by atoms with Crippen molar-refractivity contribution in [1.29, 1.82) is 0 Å². The molecule has 2 aromatic carbocycles. The second-order valence-electron chi connectivity index (χ2n) is 7.15. The van der Waals surface area contributed by atoms with E-state index in [1.807, 2.05) is 0 Å². The van der Waals surface area contributed by atoms with Gasteiger partial charge in [0, 0.05) is 23.7 Å². The Hall–Kier alpha value is -4.34. The summed E-state index contributed by atoms with van der Waals surface area (Å²) in [5, 5.41) is 14.3. The molecule has 0 aliphatic heterocycles. The van der Waals surface area contributed by atoms with Crippen LogP contribution in [0.2, 0.25) is 0 Å². The number of rotatable bonds is 5. The molecule has 0 aliphatic rings. The molecule has 0 atom stereocenters. The van der Waals surface area contributed by atoms with Crippen molar-refractivity contribution in [2.24, 2.45) is 0 Å². The van der Waals surface area contributed by atoms with E-state index in [1.54, 1.807) is 31.2 Å². The van der Waals surface area contributed by atoms with E-state index in [2.05, 4.69) is 20.8 Å². The van der Waals surface area contributed by atoms with Crippen LogP contribution in [0.1, 0.15) is 12.6 Å². The van der Waals surface area contributed by atoms with E-state index in [9.17, 15) is 18.8 Å². The number of nitrogens with one attached hydrogen (secondary N) is 2. The summed E-state index contributed by atoms with van der Waals surface area (Å²) >= 11 is 0. The average molecular weight is 434 g/mol. The number of aryl methyl sites for hydroxylation is 1. The molecule has 32 heavy (non-hydrogen) atoms. The molecule has 4 rings (SSSR count). The predicted octanol–water partition coefficient (Wildman–Crippen LogP) is 2.63. The zero-order chi connectivity index (χ0) is 22.8.